The summed E-state index contributed by atoms with van der Waals surface area (Å²) < 4.78 is 1.79. The Morgan fingerprint density at radius 2 is 1.94 bits per heavy atom. The highest BCUT2D eigenvalue weighted by Gasteiger charge is 2.25. The van der Waals surface area contributed by atoms with Gasteiger partial charge in [-0.1, -0.05) is 49.4 Å². The van der Waals surface area contributed by atoms with Crippen LogP contribution in [0.1, 0.15) is 52.4 Å². The molecule has 1 fully saturated rings. The summed E-state index contributed by atoms with van der Waals surface area (Å²) in [4.78, 5) is 32.9. The van der Waals surface area contributed by atoms with Crippen molar-refractivity contribution in [1.82, 2.24) is 14.5 Å². The van der Waals surface area contributed by atoms with Gasteiger partial charge < -0.3 is 4.90 Å². The lowest BCUT2D eigenvalue weighted by atomic mass is 9.92. The van der Waals surface area contributed by atoms with E-state index < -0.39 is 0 Å². The van der Waals surface area contributed by atoms with Gasteiger partial charge in [-0.05, 0) is 62.5 Å². The monoisotopic (exact) mass is 439 g/mol. The van der Waals surface area contributed by atoms with Gasteiger partial charge in [-0.3, -0.25) is 14.2 Å². The zero-order valence-corrected chi connectivity index (χ0v) is 19.5. The lowest BCUT2D eigenvalue weighted by Crippen LogP contribution is -2.43. The van der Waals surface area contributed by atoms with Crippen LogP contribution >= 0.6 is 11.8 Å². The van der Waals surface area contributed by atoms with Crippen LogP contribution in [0.25, 0.3) is 10.9 Å². The molecule has 1 amide bonds. The summed E-state index contributed by atoms with van der Waals surface area (Å²) in [7, 11) is 0. The molecule has 0 spiro atoms. The molecule has 0 radical (unpaired) electrons. The minimum atomic E-state index is -0.00262. The molecule has 31 heavy (non-hydrogen) atoms. The van der Waals surface area contributed by atoms with E-state index >= 15 is 0 Å². The van der Waals surface area contributed by atoms with Crippen molar-refractivity contribution in [3.05, 3.63) is 46.3 Å². The molecule has 1 aliphatic carbocycles. The van der Waals surface area contributed by atoms with Gasteiger partial charge in [-0.25, -0.2) is 4.98 Å². The van der Waals surface area contributed by atoms with Crippen LogP contribution in [0.3, 0.4) is 0 Å². The minimum Gasteiger partial charge on any atom is -0.341 e. The van der Waals surface area contributed by atoms with Gasteiger partial charge in [-0.15, -0.1) is 0 Å². The highest BCUT2D eigenvalue weighted by atomic mass is 32.2. The number of benzene rings is 1. The first-order valence-corrected chi connectivity index (χ1v) is 12.6. The number of hydrogen-bond donors (Lipinski definition) is 0. The largest absolute Gasteiger partial charge is 0.341 e. The Hall–Kier alpha value is -2.08. The van der Waals surface area contributed by atoms with Crippen molar-refractivity contribution in [3.63, 3.8) is 0 Å². The Balaban J connectivity index is 1.54. The number of likely N-dealkylation sites (tertiary alicyclic amines) is 1. The van der Waals surface area contributed by atoms with Crippen LogP contribution in [0.2, 0.25) is 0 Å². The molecule has 1 aromatic carbocycles. The zero-order chi connectivity index (χ0) is 21.8. The molecule has 166 valence electrons. The van der Waals surface area contributed by atoms with Gasteiger partial charge in [0, 0.05) is 19.6 Å². The van der Waals surface area contributed by atoms with Crippen LogP contribution in [-0.4, -0.2) is 39.2 Å². The van der Waals surface area contributed by atoms with Gasteiger partial charge in [0.25, 0.3) is 5.56 Å². The van der Waals surface area contributed by atoms with E-state index in [2.05, 4.69) is 19.9 Å². The van der Waals surface area contributed by atoms with Gasteiger partial charge >= 0.3 is 0 Å². The molecule has 2 aliphatic rings. The topological polar surface area (TPSA) is 55.2 Å². The normalized spacial score (nSPS) is 21.9. The van der Waals surface area contributed by atoms with Gasteiger partial charge in [-0.2, -0.15) is 0 Å². The molecule has 2 atom stereocenters. The Labute approximate surface area is 188 Å². The number of para-hydroxylation sites is 1. The fraction of sp³-hybridized carbons (Fsp3) is 0.560. The summed E-state index contributed by atoms with van der Waals surface area (Å²) in [5, 5.41) is 1.31. The average molecular weight is 440 g/mol. The van der Waals surface area contributed by atoms with Gasteiger partial charge in [0.1, 0.15) is 0 Å². The van der Waals surface area contributed by atoms with Crippen LogP contribution < -0.4 is 5.56 Å². The van der Waals surface area contributed by atoms with Crippen molar-refractivity contribution in [3.8, 4) is 0 Å². The van der Waals surface area contributed by atoms with Gasteiger partial charge in [0.2, 0.25) is 5.91 Å². The van der Waals surface area contributed by atoms with Crippen LogP contribution in [0.15, 0.2) is 45.9 Å². The van der Waals surface area contributed by atoms with Crippen molar-refractivity contribution >= 4 is 28.6 Å². The predicted molar refractivity (Wildman–Crippen MR) is 127 cm³/mol. The van der Waals surface area contributed by atoms with Gasteiger partial charge in [0.15, 0.2) is 5.16 Å². The molecule has 1 aromatic heterocycles. The number of rotatable bonds is 6. The first-order chi connectivity index (χ1) is 15.0. The molecule has 6 heteroatoms. The smallest absolute Gasteiger partial charge is 0.262 e. The quantitative estimate of drug-likeness (QED) is 0.366. The average Bonchev–Trinajstić information content (AvgIpc) is 2.77. The summed E-state index contributed by atoms with van der Waals surface area (Å²) in [5.41, 5.74) is 2.14. The van der Waals surface area contributed by atoms with E-state index in [4.69, 9.17) is 4.98 Å². The van der Waals surface area contributed by atoms with Crippen molar-refractivity contribution in [2.45, 2.75) is 64.1 Å². The van der Waals surface area contributed by atoms with Crippen LogP contribution in [0.4, 0.5) is 0 Å². The first-order valence-electron chi connectivity index (χ1n) is 11.6. The Kier molecular flexibility index (Phi) is 7.16. The molecule has 0 N–H and O–H groups in total. The summed E-state index contributed by atoms with van der Waals surface area (Å²) >= 11 is 1.41. The second kappa shape index (κ2) is 10.0. The molecule has 1 aliphatic heterocycles. The van der Waals surface area contributed by atoms with Crippen LogP contribution in [0.5, 0.6) is 0 Å². The number of piperidine rings is 1. The Morgan fingerprint density at radius 3 is 2.68 bits per heavy atom. The number of allylic oxidation sites excluding steroid dienone is 2. The molecule has 0 bridgehead atoms. The number of hydrogen-bond acceptors (Lipinski definition) is 4. The van der Waals surface area contributed by atoms with E-state index in [1.165, 1.54) is 36.6 Å². The molecule has 2 aromatic rings. The molecule has 2 unspecified atom stereocenters. The molecule has 1 saturated heterocycles. The van der Waals surface area contributed by atoms with Gasteiger partial charge in [0.05, 0.1) is 16.7 Å². The van der Waals surface area contributed by atoms with E-state index in [0.29, 0.717) is 40.2 Å². The fourth-order valence-corrected chi connectivity index (χ4v) is 5.85. The fourth-order valence-electron chi connectivity index (χ4n) is 4.93. The predicted octanol–water partition coefficient (Wildman–Crippen LogP) is 4.88. The van der Waals surface area contributed by atoms with E-state index in [-0.39, 0.29) is 11.5 Å². The Morgan fingerprint density at radius 1 is 1.16 bits per heavy atom. The summed E-state index contributed by atoms with van der Waals surface area (Å²) in [5.74, 6) is 1.55. The van der Waals surface area contributed by atoms with Crippen molar-refractivity contribution in [2.24, 2.45) is 11.8 Å². The number of carbonyl (C=O) groups is 1. The third-order valence-corrected chi connectivity index (χ3v) is 7.38. The molecule has 0 saturated carbocycles. The van der Waals surface area contributed by atoms with Crippen molar-refractivity contribution < 1.29 is 4.79 Å². The number of aromatic nitrogens is 2. The third-order valence-electron chi connectivity index (χ3n) is 6.41. The number of thioether (sulfide) groups is 1. The van der Waals surface area contributed by atoms with Crippen LogP contribution in [0, 0.1) is 11.8 Å². The zero-order valence-electron chi connectivity index (χ0n) is 18.7. The molecule has 5 nitrogen and oxygen atoms in total. The number of fused-ring (bicyclic) bond motifs is 1. The summed E-state index contributed by atoms with van der Waals surface area (Å²) in [6.45, 7) is 6.71. The number of amides is 1. The SMILES string of the molecule is CC1CC(C)CN(C(=O)CSc2nc3ccccc3c(=O)n2CCC2=CCCCC2)C1. The summed E-state index contributed by atoms with van der Waals surface area (Å²) in [6, 6.07) is 7.51. The maximum atomic E-state index is 13.2. The number of nitrogens with zero attached hydrogens (tertiary/aromatic N) is 3. The van der Waals surface area contributed by atoms with Crippen molar-refractivity contribution in [2.75, 3.05) is 18.8 Å². The number of carbonyl (C=O) groups excluding carboxylic acids is 1. The highest BCUT2D eigenvalue weighted by molar-refractivity contribution is 7.99. The Bertz CT molecular complexity index is 1020. The minimum absolute atomic E-state index is 0.00262. The molecular weight excluding hydrogens is 406 g/mol. The molecular formula is C25H33N3O2S. The second-order valence-corrected chi connectivity index (χ2v) is 10.2. The lowest BCUT2D eigenvalue weighted by molar-refractivity contribution is -0.130. The highest BCUT2D eigenvalue weighted by Crippen LogP contribution is 2.25. The first kappa shape index (κ1) is 22.1. The van der Waals surface area contributed by atoms with E-state index in [9.17, 15) is 9.59 Å². The van der Waals surface area contributed by atoms with E-state index in [1.807, 2.05) is 29.2 Å². The van der Waals surface area contributed by atoms with Crippen molar-refractivity contribution in [1.29, 1.82) is 0 Å². The molecule has 2 heterocycles. The van der Waals surface area contributed by atoms with E-state index in [0.717, 1.165) is 32.4 Å². The second-order valence-electron chi connectivity index (χ2n) is 9.26. The van der Waals surface area contributed by atoms with Crippen LogP contribution in [-0.2, 0) is 11.3 Å². The maximum absolute atomic E-state index is 13.2. The molecule has 4 rings (SSSR count). The standard InChI is InChI=1S/C25H33N3O2S/c1-18-14-19(2)16-27(15-18)23(29)17-31-25-26-22-11-7-6-10-21(22)24(30)28(25)13-12-20-8-4-3-5-9-20/h6-8,10-11,18-19H,3-5,9,12-17H2,1-2H3. The maximum Gasteiger partial charge on any atom is 0.262 e. The summed E-state index contributed by atoms with van der Waals surface area (Å²) in [6.07, 6.45) is 9.15. The third kappa shape index (κ3) is 5.40. The lowest BCUT2D eigenvalue weighted by Gasteiger charge is -2.35. The van der Waals surface area contributed by atoms with E-state index in [1.54, 1.807) is 4.57 Å².